The van der Waals surface area contributed by atoms with Crippen molar-refractivity contribution in [3.63, 3.8) is 0 Å². The average Bonchev–Trinajstić information content (AvgIpc) is 2.40. The summed E-state index contributed by atoms with van der Waals surface area (Å²) in [6.45, 7) is 3.44. The van der Waals surface area contributed by atoms with E-state index in [1.165, 1.54) is 25.9 Å². The molecule has 0 radical (unpaired) electrons. The lowest BCUT2D eigenvalue weighted by molar-refractivity contribution is 0.222. The van der Waals surface area contributed by atoms with Gasteiger partial charge >= 0.3 is 0 Å². The van der Waals surface area contributed by atoms with E-state index in [2.05, 4.69) is 45.9 Å². The minimum atomic E-state index is 0.447. The second kappa shape index (κ2) is 6.87. The molecule has 1 saturated heterocycles. The van der Waals surface area contributed by atoms with E-state index in [1.54, 1.807) is 0 Å². The number of likely N-dealkylation sites (tertiary alicyclic amines) is 1. The van der Waals surface area contributed by atoms with Gasteiger partial charge in [-0.05, 0) is 67.0 Å². The molecular formula is C15H22BrN3S. The molecule has 0 saturated carbocycles. The molecule has 5 heteroatoms. The lowest BCUT2D eigenvalue weighted by Gasteiger charge is -2.33. The number of piperidine rings is 1. The predicted octanol–water partition coefficient (Wildman–Crippen LogP) is 2.86. The highest BCUT2D eigenvalue weighted by atomic mass is 79.9. The number of nitrogens with zero attached hydrogens (tertiary/aromatic N) is 2. The van der Waals surface area contributed by atoms with Crippen LogP contribution in [-0.2, 0) is 0 Å². The minimum Gasteiger partial charge on any atom is -0.389 e. The number of hydrogen-bond donors (Lipinski definition) is 1. The molecule has 0 aromatic heterocycles. The van der Waals surface area contributed by atoms with Crippen LogP contribution in [0.4, 0.5) is 5.69 Å². The lowest BCUT2D eigenvalue weighted by Crippen LogP contribution is -2.36. The molecule has 0 atom stereocenters. The zero-order valence-electron chi connectivity index (χ0n) is 12.1. The fraction of sp³-hybridized carbons (Fsp3) is 0.533. The summed E-state index contributed by atoms with van der Waals surface area (Å²) < 4.78 is 0.970. The highest BCUT2D eigenvalue weighted by Gasteiger charge is 2.20. The lowest BCUT2D eigenvalue weighted by atomic mass is 9.96. The zero-order valence-corrected chi connectivity index (χ0v) is 14.5. The standard InChI is InChI=1S/C15H22BrN3S/c1-18-8-6-11(7-9-18)10-19(2)13-5-3-4-12(16)14(13)15(17)20/h3-5,11H,6-10H2,1-2H3,(H2,17,20). The summed E-state index contributed by atoms with van der Waals surface area (Å²) in [6.07, 6.45) is 2.52. The highest BCUT2D eigenvalue weighted by molar-refractivity contribution is 9.10. The van der Waals surface area contributed by atoms with Crippen molar-refractivity contribution in [2.24, 2.45) is 11.7 Å². The molecule has 1 aromatic rings. The van der Waals surface area contributed by atoms with Crippen LogP contribution in [0.25, 0.3) is 0 Å². The number of rotatable bonds is 4. The molecule has 2 rings (SSSR count). The van der Waals surface area contributed by atoms with Crippen molar-refractivity contribution in [2.75, 3.05) is 38.6 Å². The first-order chi connectivity index (χ1) is 9.49. The smallest absolute Gasteiger partial charge is 0.107 e. The Kier molecular flexibility index (Phi) is 5.41. The Bertz CT molecular complexity index is 484. The summed E-state index contributed by atoms with van der Waals surface area (Å²) >= 11 is 8.74. The number of halogens is 1. The van der Waals surface area contributed by atoms with Crippen molar-refractivity contribution in [3.05, 3.63) is 28.2 Å². The first-order valence-electron chi connectivity index (χ1n) is 6.97. The van der Waals surface area contributed by atoms with Gasteiger partial charge in [0.1, 0.15) is 4.99 Å². The third-order valence-electron chi connectivity index (χ3n) is 4.02. The van der Waals surface area contributed by atoms with Crippen LogP contribution >= 0.6 is 28.1 Å². The molecule has 1 heterocycles. The third kappa shape index (κ3) is 3.71. The van der Waals surface area contributed by atoms with Gasteiger partial charge in [0.05, 0.1) is 0 Å². The molecule has 110 valence electrons. The molecule has 2 N–H and O–H groups in total. The van der Waals surface area contributed by atoms with Gasteiger partial charge in [0.25, 0.3) is 0 Å². The molecule has 1 fully saturated rings. The van der Waals surface area contributed by atoms with Crippen LogP contribution in [0.1, 0.15) is 18.4 Å². The normalized spacial score (nSPS) is 17.1. The molecule has 20 heavy (non-hydrogen) atoms. The van der Waals surface area contributed by atoms with E-state index < -0.39 is 0 Å². The molecule has 0 unspecified atom stereocenters. The number of hydrogen-bond acceptors (Lipinski definition) is 3. The van der Waals surface area contributed by atoms with Crippen molar-refractivity contribution in [3.8, 4) is 0 Å². The van der Waals surface area contributed by atoms with Crippen LogP contribution < -0.4 is 10.6 Å². The number of nitrogens with two attached hydrogens (primary N) is 1. The predicted molar refractivity (Wildman–Crippen MR) is 93.5 cm³/mol. The van der Waals surface area contributed by atoms with Gasteiger partial charge < -0.3 is 15.5 Å². The second-order valence-electron chi connectivity index (χ2n) is 5.63. The monoisotopic (exact) mass is 355 g/mol. The van der Waals surface area contributed by atoms with Gasteiger partial charge in [-0.25, -0.2) is 0 Å². The van der Waals surface area contributed by atoms with Crippen molar-refractivity contribution < 1.29 is 0 Å². The largest absolute Gasteiger partial charge is 0.389 e. The van der Waals surface area contributed by atoms with E-state index in [-0.39, 0.29) is 0 Å². The van der Waals surface area contributed by atoms with Gasteiger partial charge in [-0.3, -0.25) is 0 Å². The van der Waals surface area contributed by atoms with Gasteiger partial charge in [-0.15, -0.1) is 0 Å². The molecule has 0 aliphatic carbocycles. The number of thiocarbonyl (C=S) groups is 1. The van der Waals surface area contributed by atoms with Crippen LogP contribution in [0.5, 0.6) is 0 Å². The van der Waals surface area contributed by atoms with Crippen LogP contribution in [-0.4, -0.2) is 43.6 Å². The maximum atomic E-state index is 5.87. The Morgan fingerprint density at radius 2 is 2.10 bits per heavy atom. The van der Waals surface area contributed by atoms with Gasteiger partial charge in [0, 0.05) is 29.3 Å². The highest BCUT2D eigenvalue weighted by Crippen LogP contribution is 2.28. The van der Waals surface area contributed by atoms with E-state index in [9.17, 15) is 0 Å². The van der Waals surface area contributed by atoms with E-state index in [0.29, 0.717) is 4.99 Å². The maximum absolute atomic E-state index is 5.87. The Morgan fingerprint density at radius 1 is 1.45 bits per heavy atom. The van der Waals surface area contributed by atoms with E-state index >= 15 is 0 Å². The SMILES string of the molecule is CN1CCC(CN(C)c2cccc(Br)c2C(N)=S)CC1. The third-order valence-corrected chi connectivity index (χ3v) is 4.88. The van der Waals surface area contributed by atoms with E-state index in [1.807, 2.05) is 12.1 Å². The van der Waals surface area contributed by atoms with Crippen molar-refractivity contribution >= 4 is 38.8 Å². The van der Waals surface area contributed by atoms with Crippen LogP contribution in [0.15, 0.2) is 22.7 Å². The fourth-order valence-corrected chi connectivity index (χ4v) is 3.72. The van der Waals surface area contributed by atoms with Gasteiger partial charge in [-0.1, -0.05) is 18.3 Å². The Morgan fingerprint density at radius 3 is 2.70 bits per heavy atom. The molecule has 1 aliphatic rings. The molecular weight excluding hydrogens is 334 g/mol. The van der Waals surface area contributed by atoms with Crippen molar-refractivity contribution in [1.29, 1.82) is 0 Å². The summed E-state index contributed by atoms with van der Waals surface area (Å²) in [5.74, 6) is 0.745. The van der Waals surface area contributed by atoms with Gasteiger partial charge in [0.2, 0.25) is 0 Å². The Hall–Kier alpha value is -0.650. The molecule has 0 bridgehead atoms. The minimum absolute atomic E-state index is 0.447. The molecule has 0 spiro atoms. The molecule has 0 amide bonds. The van der Waals surface area contributed by atoms with E-state index in [4.69, 9.17) is 18.0 Å². The van der Waals surface area contributed by atoms with E-state index in [0.717, 1.165) is 28.2 Å². The van der Waals surface area contributed by atoms with Crippen molar-refractivity contribution in [2.45, 2.75) is 12.8 Å². The number of anilines is 1. The molecule has 1 aromatic carbocycles. The summed E-state index contributed by atoms with van der Waals surface area (Å²) in [4.78, 5) is 5.13. The van der Waals surface area contributed by atoms with Gasteiger partial charge in [0.15, 0.2) is 0 Å². The van der Waals surface area contributed by atoms with Gasteiger partial charge in [-0.2, -0.15) is 0 Å². The first-order valence-corrected chi connectivity index (χ1v) is 8.17. The van der Waals surface area contributed by atoms with Crippen LogP contribution in [0, 0.1) is 5.92 Å². The van der Waals surface area contributed by atoms with Crippen LogP contribution in [0.3, 0.4) is 0 Å². The van der Waals surface area contributed by atoms with Crippen molar-refractivity contribution in [1.82, 2.24) is 4.90 Å². The molecule has 3 nitrogen and oxygen atoms in total. The number of benzene rings is 1. The fourth-order valence-electron chi connectivity index (χ4n) is 2.81. The summed E-state index contributed by atoms with van der Waals surface area (Å²) in [7, 11) is 4.32. The summed E-state index contributed by atoms with van der Waals surface area (Å²) in [6, 6.07) is 6.11. The topological polar surface area (TPSA) is 32.5 Å². The Balaban J connectivity index is 2.11. The first kappa shape index (κ1) is 15.7. The maximum Gasteiger partial charge on any atom is 0.107 e. The summed E-state index contributed by atoms with van der Waals surface area (Å²) in [5, 5.41) is 0. The quantitative estimate of drug-likeness (QED) is 0.841. The average molecular weight is 356 g/mol. The zero-order chi connectivity index (χ0) is 14.7. The second-order valence-corrected chi connectivity index (χ2v) is 6.92. The molecule has 1 aliphatic heterocycles. The van der Waals surface area contributed by atoms with Crippen LogP contribution in [0.2, 0.25) is 0 Å². The summed E-state index contributed by atoms with van der Waals surface area (Å²) in [5.41, 5.74) is 7.93. The Labute approximate surface area is 135 Å².